The zero-order valence-corrected chi connectivity index (χ0v) is 17.4. The van der Waals surface area contributed by atoms with Gasteiger partial charge in [0.25, 0.3) is 0 Å². The molecule has 0 radical (unpaired) electrons. The molecule has 0 N–H and O–H groups in total. The number of rotatable bonds is 9. The molecule has 0 unspecified atom stereocenters. The van der Waals surface area contributed by atoms with Gasteiger partial charge in [0.2, 0.25) is 11.8 Å². The van der Waals surface area contributed by atoms with Crippen molar-refractivity contribution in [2.45, 2.75) is 32.6 Å². The zero-order chi connectivity index (χ0) is 20.6. The van der Waals surface area contributed by atoms with Gasteiger partial charge in [-0.1, -0.05) is 31.2 Å². The molecule has 0 saturated carbocycles. The highest BCUT2D eigenvalue weighted by atomic mass is 16.5. The van der Waals surface area contributed by atoms with Gasteiger partial charge in [-0.05, 0) is 48.2 Å². The molecule has 0 aliphatic heterocycles. The van der Waals surface area contributed by atoms with Gasteiger partial charge in [0.1, 0.15) is 12.0 Å². The molecule has 0 atom stereocenters. The number of aromatic nitrogens is 1. The molecular weight excluding hydrogens is 364 g/mol. The van der Waals surface area contributed by atoms with Gasteiger partial charge >= 0.3 is 0 Å². The highest BCUT2D eigenvalue weighted by molar-refractivity contribution is 5.75. The summed E-state index contributed by atoms with van der Waals surface area (Å²) in [6.07, 6.45) is 4.55. The quantitative estimate of drug-likeness (QED) is 0.536. The summed E-state index contributed by atoms with van der Waals surface area (Å²) in [5.74, 6) is 1.62. The lowest BCUT2D eigenvalue weighted by Crippen LogP contribution is -2.21. The molecule has 0 fully saturated rings. The van der Waals surface area contributed by atoms with Gasteiger partial charge in [-0.2, -0.15) is 0 Å². The first-order chi connectivity index (χ1) is 14.1. The maximum atomic E-state index is 11.8. The molecule has 0 spiro atoms. The van der Waals surface area contributed by atoms with E-state index in [9.17, 15) is 4.79 Å². The minimum atomic E-state index is 0.148. The summed E-state index contributed by atoms with van der Waals surface area (Å²) in [5, 5.41) is 0. The van der Waals surface area contributed by atoms with E-state index in [1.807, 2.05) is 36.4 Å². The van der Waals surface area contributed by atoms with E-state index < -0.39 is 0 Å². The Morgan fingerprint density at radius 3 is 2.59 bits per heavy atom. The van der Waals surface area contributed by atoms with Crippen LogP contribution >= 0.6 is 0 Å². The molecule has 5 nitrogen and oxygen atoms in total. The van der Waals surface area contributed by atoms with Gasteiger partial charge in [-0.25, -0.2) is 4.98 Å². The van der Waals surface area contributed by atoms with E-state index in [1.165, 1.54) is 11.1 Å². The third-order valence-electron chi connectivity index (χ3n) is 4.87. The molecule has 1 aromatic heterocycles. The number of ether oxygens (including phenoxy) is 1. The third kappa shape index (κ3) is 5.70. The molecular formula is C24H28N2O3. The Bertz CT molecular complexity index is 932. The Morgan fingerprint density at radius 1 is 1.07 bits per heavy atom. The van der Waals surface area contributed by atoms with Crippen molar-refractivity contribution in [2.24, 2.45) is 0 Å². The van der Waals surface area contributed by atoms with Crippen LogP contribution in [0.3, 0.4) is 0 Å². The molecule has 0 aliphatic rings. The maximum Gasteiger partial charge on any atom is 0.226 e. The van der Waals surface area contributed by atoms with E-state index in [2.05, 4.69) is 24.0 Å². The Balaban J connectivity index is 1.54. The molecule has 2 aromatic carbocycles. The van der Waals surface area contributed by atoms with Gasteiger partial charge in [-0.3, -0.25) is 4.79 Å². The number of nitrogens with zero attached hydrogens (tertiary/aromatic N) is 2. The number of amides is 1. The van der Waals surface area contributed by atoms with Crippen LogP contribution in [-0.2, 0) is 24.1 Å². The number of aryl methyl sites for hydroxylation is 2. The largest absolute Gasteiger partial charge is 0.493 e. The number of benzene rings is 2. The molecule has 0 aliphatic carbocycles. The van der Waals surface area contributed by atoms with Crippen molar-refractivity contribution in [3.8, 4) is 17.2 Å². The molecule has 3 rings (SSSR count). The normalized spacial score (nSPS) is 10.7. The fourth-order valence-corrected chi connectivity index (χ4v) is 3.14. The number of hydrogen-bond donors (Lipinski definition) is 0. The van der Waals surface area contributed by atoms with Gasteiger partial charge in [0, 0.05) is 32.5 Å². The molecule has 152 valence electrons. The average Bonchev–Trinajstić information content (AvgIpc) is 3.22. The van der Waals surface area contributed by atoms with Gasteiger partial charge in [0.05, 0.1) is 12.3 Å². The minimum absolute atomic E-state index is 0.148. The standard InChI is InChI=1S/C24H28N2O3/c1-4-18-16-22(12-10-19(18)11-13-23(27)26(2)3)28-15-14-21-17-29-24(25-21)20-8-6-5-7-9-20/h5-10,12,16-17H,4,11,13-15H2,1-3H3. The lowest BCUT2D eigenvalue weighted by atomic mass is 10.0. The predicted molar refractivity (Wildman–Crippen MR) is 114 cm³/mol. The monoisotopic (exact) mass is 392 g/mol. The topological polar surface area (TPSA) is 55.6 Å². The van der Waals surface area contributed by atoms with E-state index in [0.29, 0.717) is 25.3 Å². The van der Waals surface area contributed by atoms with Crippen LogP contribution in [0.15, 0.2) is 59.2 Å². The minimum Gasteiger partial charge on any atom is -0.493 e. The Kier molecular flexibility index (Phi) is 7.06. The molecule has 1 heterocycles. The molecule has 5 heteroatoms. The van der Waals surface area contributed by atoms with Crippen LogP contribution in [0.5, 0.6) is 5.75 Å². The van der Waals surface area contributed by atoms with E-state index in [0.717, 1.165) is 29.8 Å². The van der Waals surface area contributed by atoms with Crippen LogP contribution in [0.1, 0.15) is 30.2 Å². The van der Waals surface area contributed by atoms with E-state index in [4.69, 9.17) is 9.15 Å². The second kappa shape index (κ2) is 9.92. The highest BCUT2D eigenvalue weighted by Gasteiger charge is 2.09. The van der Waals surface area contributed by atoms with Crippen molar-refractivity contribution in [1.29, 1.82) is 0 Å². The molecule has 0 saturated heterocycles. The van der Waals surface area contributed by atoms with Crippen LogP contribution in [0.2, 0.25) is 0 Å². The van der Waals surface area contributed by atoms with E-state index in [-0.39, 0.29) is 5.91 Å². The summed E-state index contributed by atoms with van der Waals surface area (Å²) in [7, 11) is 3.58. The Hall–Kier alpha value is -3.08. The van der Waals surface area contributed by atoms with Gasteiger partial charge < -0.3 is 14.1 Å². The van der Waals surface area contributed by atoms with Crippen LogP contribution < -0.4 is 4.74 Å². The second-order valence-corrected chi connectivity index (χ2v) is 7.18. The first-order valence-corrected chi connectivity index (χ1v) is 10.0. The number of carbonyl (C=O) groups excluding carboxylic acids is 1. The fourth-order valence-electron chi connectivity index (χ4n) is 3.14. The van der Waals surface area contributed by atoms with Crippen molar-refractivity contribution in [2.75, 3.05) is 20.7 Å². The summed E-state index contributed by atoms with van der Waals surface area (Å²) < 4.78 is 11.5. The number of oxazole rings is 1. The summed E-state index contributed by atoms with van der Waals surface area (Å²) in [4.78, 5) is 18.0. The van der Waals surface area contributed by atoms with E-state index >= 15 is 0 Å². The summed E-state index contributed by atoms with van der Waals surface area (Å²) in [6, 6.07) is 16.0. The van der Waals surface area contributed by atoms with Crippen LogP contribution in [0.4, 0.5) is 0 Å². The number of carbonyl (C=O) groups is 1. The zero-order valence-electron chi connectivity index (χ0n) is 17.4. The maximum absolute atomic E-state index is 11.8. The Morgan fingerprint density at radius 2 is 1.86 bits per heavy atom. The van der Waals surface area contributed by atoms with Crippen LogP contribution in [-0.4, -0.2) is 36.5 Å². The summed E-state index contributed by atoms with van der Waals surface area (Å²) >= 11 is 0. The van der Waals surface area contributed by atoms with Crippen molar-refractivity contribution in [1.82, 2.24) is 9.88 Å². The molecule has 3 aromatic rings. The molecule has 0 bridgehead atoms. The van der Waals surface area contributed by atoms with Gasteiger partial charge in [-0.15, -0.1) is 0 Å². The first-order valence-electron chi connectivity index (χ1n) is 10.0. The Labute approximate surface area is 172 Å². The predicted octanol–water partition coefficient (Wildman–Crippen LogP) is 4.55. The van der Waals surface area contributed by atoms with Crippen molar-refractivity contribution in [3.05, 3.63) is 71.6 Å². The second-order valence-electron chi connectivity index (χ2n) is 7.18. The molecule has 29 heavy (non-hydrogen) atoms. The SMILES string of the molecule is CCc1cc(OCCc2coc(-c3ccccc3)n2)ccc1CCC(=O)N(C)C. The summed E-state index contributed by atoms with van der Waals surface area (Å²) in [5.41, 5.74) is 4.27. The smallest absolute Gasteiger partial charge is 0.226 e. The van der Waals surface area contributed by atoms with Crippen molar-refractivity contribution in [3.63, 3.8) is 0 Å². The lowest BCUT2D eigenvalue weighted by Gasteiger charge is -2.13. The lowest BCUT2D eigenvalue weighted by molar-refractivity contribution is -0.128. The van der Waals surface area contributed by atoms with Crippen LogP contribution in [0, 0.1) is 0 Å². The molecule has 1 amide bonds. The van der Waals surface area contributed by atoms with Crippen molar-refractivity contribution >= 4 is 5.91 Å². The number of hydrogen-bond acceptors (Lipinski definition) is 4. The third-order valence-corrected chi connectivity index (χ3v) is 4.87. The van der Waals surface area contributed by atoms with Crippen molar-refractivity contribution < 1.29 is 13.9 Å². The highest BCUT2D eigenvalue weighted by Crippen LogP contribution is 2.21. The fraction of sp³-hybridized carbons (Fsp3) is 0.333. The van der Waals surface area contributed by atoms with Crippen LogP contribution in [0.25, 0.3) is 11.5 Å². The van der Waals surface area contributed by atoms with Gasteiger partial charge in [0.15, 0.2) is 0 Å². The summed E-state index contributed by atoms with van der Waals surface area (Å²) in [6.45, 7) is 2.65. The first kappa shape index (κ1) is 20.6. The van der Waals surface area contributed by atoms with E-state index in [1.54, 1.807) is 25.3 Å². The average molecular weight is 392 g/mol.